The molecule has 22 heavy (non-hydrogen) atoms. The zero-order valence-electron chi connectivity index (χ0n) is 13.5. The molecule has 0 radical (unpaired) electrons. The van der Waals surface area contributed by atoms with E-state index < -0.39 is 0 Å². The molecule has 1 aliphatic heterocycles. The van der Waals surface area contributed by atoms with Gasteiger partial charge in [-0.1, -0.05) is 18.5 Å². The third-order valence-electron chi connectivity index (χ3n) is 3.54. The van der Waals surface area contributed by atoms with Crippen molar-refractivity contribution in [1.29, 1.82) is 0 Å². The molecule has 0 saturated carbocycles. The van der Waals surface area contributed by atoms with E-state index in [-0.39, 0.29) is 0 Å². The minimum absolute atomic E-state index is 0.342. The van der Waals surface area contributed by atoms with Crippen LogP contribution in [0.5, 0.6) is 11.5 Å². The summed E-state index contributed by atoms with van der Waals surface area (Å²) < 4.78 is 17.0. The van der Waals surface area contributed by atoms with Crippen LogP contribution in [-0.4, -0.2) is 32.5 Å². The van der Waals surface area contributed by atoms with Gasteiger partial charge in [-0.3, -0.25) is 0 Å². The van der Waals surface area contributed by atoms with Crippen molar-refractivity contribution in [3.05, 3.63) is 22.7 Å². The van der Waals surface area contributed by atoms with Crippen LogP contribution in [0.1, 0.15) is 38.7 Å². The molecule has 4 nitrogen and oxygen atoms in total. The van der Waals surface area contributed by atoms with E-state index >= 15 is 0 Å². The van der Waals surface area contributed by atoms with E-state index in [1.54, 1.807) is 0 Å². The number of ether oxygens (including phenoxy) is 3. The van der Waals surface area contributed by atoms with Crippen molar-refractivity contribution in [3.8, 4) is 11.5 Å². The quantitative estimate of drug-likeness (QED) is 0.749. The first-order valence-electron chi connectivity index (χ1n) is 8.15. The van der Waals surface area contributed by atoms with Crippen LogP contribution >= 0.6 is 11.6 Å². The first-order valence-corrected chi connectivity index (χ1v) is 8.52. The lowest BCUT2D eigenvalue weighted by Gasteiger charge is -2.16. The van der Waals surface area contributed by atoms with Gasteiger partial charge in [0.2, 0.25) is 0 Å². The number of rotatable bonds is 9. The van der Waals surface area contributed by atoms with E-state index in [1.807, 2.05) is 19.1 Å². The Morgan fingerprint density at radius 2 is 2.18 bits per heavy atom. The molecule has 0 bridgehead atoms. The van der Waals surface area contributed by atoms with Crippen molar-refractivity contribution < 1.29 is 14.2 Å². The average Bonchev–Trinajstić information content (AvgIpc) is 3.00. The Labute approximate surface area is 138 Å². The Kier molecular flexibility index (Phi) is 7.30. The summed E-state index contributed by atoms with van der Waals surface area (Å²) in [6.07, 6.45) is 3.58. The van der Waals surface area contributed by atoms with E-state index in [2.05, 4.69) is 12.2 Å². The molecule has 0 spiro atoms. The van der Waals surface area contributed by atoms with Gasteiger partial charge in [-0.15, -0.1) is 0 Å². The number of nitrogens with one attached hydrogen (secondary N) is 1. The fourth-order valence-corrected chi connectivity index (χ4v) is 2.80. The zero-order chi connectivity index (χ0) is 15.8. The zero-order valence-corrected chi connectivity index (χ0v) is 14.2. The summed E-state index contributed by atoms with van der Waals surface area (Å²) in [4.78, 5) is 0. The van der Waals surface area contributed by atoms with Gasteiger partial charge >= 0.3 is 0 Å². The lowest BCUT2D eigenvalue weighted by atomic mass is 10.2. The third-order valence-corrected chi connectivity index (χ3v) is 3.83. The molecule has 1 saturated heterocycles. The molecule has 0 amide bonds. The third kappa shape index (κ3) is 5.04. The van der Waals surface area contributed by atoms with Gasteiger partial charge in [-0.25, -0.2) is 0 Å². The highest BCUT2D eigenvalue weighted by Crippen LogP contribution is 2.36. The number of hydrogen-bond donors (Lipinski definition) is 1. The average molecular weight is 328 g/mol. The maximum absolute atomic E-state index is 6.35. The van der Waals surface area contributed by atoms with Gasteiger partial charge in [0.25, 0.3) is 0 Å². The first-order chi connectivity index (χ1) is 10.7. The number of halogens is 1. The molecule has 124 valence electrons. The topological polar surface area (TPSA) is 39.7 Å². The van der Waals surface area contributed by atoms with Crippen LogP contribution in [0.25, 0.3) is 0 Å². The van der Waals surface area contributed by atoms with Crippen LogP contribution in [0, 0.1) is 0 Å². The molecular weight excluding hydrogens is 302 g/mol. The minimum atomic E-state index is 0.342. The predicted molar refractivity (Wildman–Crippen MR) is 89.1 cm³/mol. The van der Waals surface area contributed by atoms with E-state index in [0.717, 1.165) is 50.3 Å². The molecule has 5 heteroatoms. The van der Waals surface area contributed by atoms with Gasteiger partial charge in [0.15, 0.2) is 11.5 Å². The van der Waals surface area contributed by atoms with Crippen molar-refractivity contribution in [2.24, 2.45) is 0 Å². The minimum Gasteiger partial charge on any atom is -0.490 e. The van der Waals surface area contributed by atoms with Crippen LogP contribution in [0.15, 0.2) is 12.1 Å². The summed E-state index contributed by atoms with van der Waals surface area (Å²) in [6.45, 7) is 7.75. The monoisotopic (exact) mass is 327 g/mol. The van der Waals surface area contributed by atoms with Gasteiger partial charge in [0.05, 0.1) is 24.3 Å². The highest BCUT2D eigenvalue weighted by molar-refractivity contribution is 6.32. The molecule has 2 rings (SSSR count). The summed E-state index contributed by atoms with van der Waals surface area (Å²) >= 11 is 6.35. The molecule has 1 heterocycles. The van der Waals surface area contributed by atoms with Gasteiger partial charge in [0.1, 0.15) is 0 Å². The second-order valence-electron chi connectivity index (χ2n) is 5.45. The van der Waals surface area contributed by atoms with Crippen LogP contribution in [0.4, 0.5) is 0 Å². The van der Waals surface area contributed by atoms with Crippen molar-refractivity contribution in [2.75, 3.05) is 26.4 Å². The highest BCUT2D eigenvalue weighted by atomic mass is 35.5. The van der Waals surface area contributed by atoms with Crippen molar-refractivity contribution in [2.45, 2.75) is 45.8 Å². The molecule has 0 unspecified atom stereocenters. The summed E-state index contributed by atoms with van der Waals surface area (Å²) in [6, 6.07) is 3.94. The number of hydrogen-bond acceptors (Lipinski definition) is 4. The molecule has 1 atom stereocenters. The van der Waals surface area contributed by atoms with Crippen molar-refractivity contribution in [1.82, 2.24) is 5.32 Å². The fourth-order valence-electron chi connectivity index (χ4n) is 2.51. The molecule has 1 N–H and O–H groups in total. The maximum atomic E-state index is 6.35. The Morgan fingerprint density at radius 3 is 2.86 bits per heavy atom. The molecule has 1 aliphatic rings. The van der Waals surface area contributed by atoms with Crippen LogP contribution in [0.3, 0.4) is 0 Å². The lowest BCUT2D eigenvalue weighted by molar-refractivity contribution is 0.110. The van der Waals surface area contributed by atoms with Crippen LogP contribution in [-0.2, 0) is 11.3 Å². The summed E-state index contributed by atoms with van der Waals surface area (Å²) in [5, 5.41) is 4.03. The largest absolute Gasteiger partial charge is 0.490 e. The molecule has 1 aromatic rings. The Hall–Kier alpha value is -0.970. The second kappa shape index (κ2) is 9.23. The smallest absolute Gasteiger partial charge is 0.179 e. The van der Waals surface area contributed by atoms with E-state index in [4.69, 9.17) is 25.8 Å². The molecule has 1 aromatic carbocycles. The Balaban J connectivity index is 1.97. The van der Waals surface area contributed by atoms with Gasteiger partial charge < -0.3 is 19.5 Å². The lowest BCUT2D eigenvalue weighted by Crippen LogP contribution is -2.25. The van der Waals surface area contributed by atoms with Gasteiger partial charge in [0, 0.05) is 19.7 Å². The SMILES string of the molecule is CCCOc1c(Cl)cc(CNC[C@H]2CCCO2)cc1OCC. The van der Waals surface area contributed by atoms with Crippen molar-refractivity contribution >= 4 is 11.6 Å². The Bertz CT molecular complexity index is 461. The molecule has 0 aromatic heterocycles. The molecule has 0 aliphatic carbocycles. The summed E-state index contributed by atoms with van der Waals surface area (Å²) in [5.41, 5.74) is 1.09. The molecule has 1 fully saturated rings. The number of benzene rings is 1. The molecular formula is C17H26ClNO3. The van der Waals surface area contributed by atoms with Gasteiger partial charge in [-0.05, 0) is 43.9 Å². The summed E-state index contributed by atoms with van der Waals surface area (Å²) in [5.74, 6) is 1.37. The van der Waals surface area contributed by atoms with E-state index in [9.17, 15) is 0 Å². The van der Waals surface area contributed by atoms with Crippen molar-refractivity contribution in [3.63, 3.8) is 0 Å². The predicted octanol–water partition coefficient (Wildman–Crippen LogP) is 3.80. The van der Waals surface area contributed by atoms with Crippen LogP contribution < -0.4 is 14.8 Å². The van der Waals surface area contributed by atoms with Crippen LogP contribution in [0.2, 0.25) is 5.02 Å². The first kappa shape index (κ1) is 17.4. The highest BCUT2D eigenvalue weighted by Gasteiger charge is 2.16. The van der Waals surface area contributed by atoms with Gasteiger partial charge in [-0.2, -0.15) is 0 Å². The fraction of sp³-hybridized carbons (Fsp3) is 0.647. The second-order valence-corrected chi connectivity index (χ2v) is 5.86. The normalized spacial score (nSPS) is 17.7. The van der Waals surface area contributed by atoms with E-state index in [0.29, 0.717) is 30.1 Å². The standard InChI is InChI=1S/C17H26ClNO3/c1-3-7-22-17-15(18)9-13(10-16(17)20-4-2)11-19-12-14-6-5-8-21-14/h9-10,14,19H,3-8,11-12H2,1-2H3/t14-/m1/s1. The maximum Gasteiger partial charge on any atom is 0.179 e. The Morgan fingerprint density at radius 1 is 1.32 bits per heavy atom. The summed E-state index contributed by atoms with van der Waals surface area (Å²) in [7, 11) is 0. The van der Waals surface area contributed by atoms with E-state index in [1.165, 1.54) is 0 Å².